The SMILES string of the molecule is Cc1nc(C)nc(-c2ccc(-c3nc(C)nc(-c4cc(-c5ccncc5)cc(-c5nc(-c6ccccc6)nc(-c6ccccc6)n5)c4)n3)cc2)n1. The molecule has 0 saturated carbocycles. The third-order valence-electron chi connectivity index (χ3n) is 8.17. The van der Waals surface area contributed by atoms with Crippen molar-refractivity contribution in [3.63, 3.8) is 0 Å². The molecule has 51 heavy (non-hydrogen) atoms. The van der Waals surface area contributed by atoms with E-state index in [9.17, 15) is 0 Å². The summed E-state index contributed by atoms with van der Waals surface area (Å²) < 4.78 is 0. The van der Waals surface area contributed by atoms with Crippen LogP contribution in [-0.4, -0.2) is 49.8 Å². The second-order valence-corrected chi connectivity index (χ2v) is 11.9. The molecule has 0 amide bonds. The number of pyridine rings is 1. The van der Waals surface area contributed by atoms with Crippen molar-refractivity contribution >= 4 is 0 Å². The topological polar surface area (TPSA) is 129 Å². The summed E-state index contributed by atoms with van der Waals surface area (Å²) >= 11 is 0. The zero-order valence-electron chi connectivity index (χ0n) is 28.1. The molecule has 0 saturated heterocycles. The molecule has 8 rings (SSSR count). The molecule has 4 heterocycles. The Balaban J connectivity index is 1.26. The van der Waals surface area contributed by atoms with Crippen LogP contribution in [0.25, 0.3) is 79.5 Å². The quantitative estimate of drug-likeness (QED) is 0.165. The largest absolute Gasteiger partial charge is 0.265 e. The summed E-state index contributed by atoms with van der Waals surface area (Å²) in [6, 6.07) is 37.9. The van der Waals surface area contributed by atoms with E-state index in [1.54, 1.807) is 12.4 Å². The highest BCUT2D eigenvalue weighted by molar-refractivity contribution is 5.79. The van der Waals surface area contributed by atoms with Gasteiger partial charge in [-0.1, -0.05) is 84.9 Å². The third kappa shape index (κ3) is 6.83. The van der Waals surface area contributed by atoms with Gasteiger partial charge >= 0.3 is 0 Å². The minimum absolute atomic E-state index is 0.531. The average molecular weight is 663 g/mol. The Kier molecular flexibility index (Phi) is 8.31. The Labute approximate surface area is 294 Å². The first-order chi connectivity index (χ1) is 24.9. The number of rotatable bonds is 7. The van der Waals surface area contributed by atoms with Crippen molar-refractivity contribution in [2.24, 2.45) is 0 Å². The summed E-state index contributed by atoms with van der Waals surface area (Å²) in [6.45, 7) is 5.60. The van der Waals surface area contributed by atoms with E-state index >= 15 is 0 Å². The molecule has 0 radical (unpaired) electrons. The van der Waals surface area contributed by atoms with Crippen molar-refractivity contribution in [3.05, 3.63) is 145 Å². The van der Waals surface area contributed by atoms with E-state index in [0.29, 0.717) is 52.4 Å². The van der Waals surface area contributed by atoms with Crippen molar-refractivity contribution in [2.75, 3.05) is 0 Å². The summed E-state index contributed by atoms with van der Waals surface area (Å²) in [7, 11) is 0. The maximum atomic E-state index is 4.99. The molecule has 0 fully saturated rings. The van der Waals surface area contributed by atoms with Crippen LogP contribution in [0, 0.1) is 20.8 Å². The van der Waals surface area contributed by atoms with Gasteiger partial charge in [0.1, 0.15) is 17.5 Å². The van der Waals surface area contributed by atoms with Crippen LogP contribution < -0.4 is 0 Å². The first kappa shape index (κ1) is 31.3. The molecule has 10 nitrogen and oxygen atoms in total. The van der Waals surface area contributed by atoms with Gasteiger partial charge in [0.15, 0.2) is 34.9 Å². The molecule has 0 spiro atoms. The van der Waals surface area contributed by atoms with Gasteiger partial charge in [-0.25, -0.2) is 44.9 Å². The molecule has 0 aliphatic heterocycles. The lowest BCUT2D eigenvalue weighted by atomic mass is 9.99. The fraction of sp³-hybridized carbons (Fsp3) is 0.0732. The van der Waals surface area contributed by atoms with Crippen molar-refractivity contribution in [1.29, 1.82) is 0 Å². The zero-order valence-corrected chi connectivity index (χ0v) is 28.1. The zero-order chi connectivity index (χ0) is 34.7. The first-order valence-electron chi connectivity index (χ1n) is 16.4. The highest BCUT2D eigenvalue weighted by Gasteiger charge is 2.17. The summed E-state index contributed by atoms with van der Waals surface area (Å²) in [6.07, 6.45) is 3.56. The molecule has 0 aliphatic rings. The van der Waals surface area contributed by atoms with Crippen LogP contribution in [0.15, 0.2) is 128 Å². The number of hydrogen-bond acceptors (Lipinski definition) is 10. The molecule has 4 aromatic heterocycles. The van der Waals surface area contributed by atoms with E-state index in [1.165, 1.54) is 0 Å². The molecular weight excluding hydrogens is 633 g/mol. The fourth-order valence-corrected chi connectivity index (χ4v) is 5.79. The van der Waals surface area contributed by atoms with Gasteiger partial charge in [-0.3, -0.25) is 4.98 Å². The van der Waals surface area contributed by atoms with E-state index < -0.39 is 0 Å². The van der Waals surface area contributed by atoms with Gasteiger partial charge in [-0.2, -0.15) is 0 Å². The first-order valence-corrected chi connectivity index (χ1v) is 16.4. The summed E-state index contributed by atoms with van der Waals surface area (Å²) in [5.74, 6) is 5.36. The summed E-state index contributed by atoms with van der Waals surface area (Å²) in [5, 5.41) is 0. The highest BCUT2D eigenvalue weighted by Crippen LogP contribution is 2.33. The minimum atomic E-state index is 0.531. The third-order valence-corrected chi connectivity index (χ3v) is 8.17. The number of nitrogens with zero attached hydrogens (tertiary/aromatic N) is 10. The van der Waals surface area contributed by atoms with E-state index in [2.05, 4.69) is 32.1 Å². The van der Waals surface area contributed by atoms with Gasteiger partial charge in [0.2, 0.25) is 0 Å². The maximum Gasteiger partial charge on any atom is 0.164 e. The predicted octanol–water partition coefficient (Wildman–Crippen LogP) is 8.23. The van der Waals surface area contributed by atoms with E-state index in [-0.39, 0.29) is 0 Å². The van der Waals surface area contributed by atoms with Gasteiger partial charge in [-0.15, -0.1) is 0 Å². The second-order valence-electron chi connectivity index (χ2n) is 11.9. The second kappa shape index (κ2) is 13.5. The fourth-order valence-electron chi connectivity index (χ4n) is 5.79. The Morgan fingerprint density at radius 1 is 0.275 bits per heavy atom. The summed E-state index contributed by atoms with van der Waals surface area (Å²) in [5.41, 5.74) is 7.04. The molecule has 244 valence electrons. The van der Waals surface area contributed by atoms with Gasteiger partial charge < -0.3 is 0 Å². The molecule has 10 heteroatoms. The van der Waals surface area contributed by atoms with Gasteiger partial charge in [0.25, 0.3) is 0 Å². The van der Waals surface area contributed by atoms with Gasteiger partial charge in [-0.05, 0) is 62.2 Å². The van der Waals surface area contributed by atoms with E-state index in [1.807, 2.05) is 124 Å². The lowest BCUT2D eigenvalue weighted by Gasteiger charge is -2.12. The number of aromatic nitrogens is 10. The summed E-state index contributed by atoms with van der Waals surface area (Å²) in [4.78, 5) is 46.9. The van der Waals surface area contributed by atoms with Crippen LogP contribution in [0.5, 0.6) is 0 Å². The molecular formula is C41H30N10. The number of hydrogen-bond donors (Lipinski definition) is 0. The lowest BCUT2D eigenvalue weighted by Crippen LogP contribution is -2.02. The molecule has 0 aliphatic carbocycles. The Hall–Kier alpha value is -6.94. The predicted molar refractivity (Wildman–Crippen MR) is 197 cm³/mol. The van der Waals surface area contributed by atoms with Crippen LogP contribution in [0.1, 0.15) is 17.5 Å². The van der Waals surface area contributed by atoms with Crippen LogP contribution in [0.2, 0.25) is 0 Å². The number of aryl methyl sites for hydroxylation is 3. The molecule has 0 N–H and O–H groups in total. The normalized spacial score (nSPS) is 11.0. The van der Waals surface area contributed by atoms with Crippen molar-refractivity contribution in [1.82, 2.24) is 49.8 Å². The Morgan fingerprint density at radius 3 is 1.08 bits per heavy atom. The molecule has 4 aromatic carbocycles. The Bertz CT molecular complexity index is 2410. The lowest BCUT2D eigenvalue weighted by molar-refractivity contribution is 0.928. The van der Waals surface area contributed by atoms with Crippen LogP contribution in [-0.2, 0) is 0 Å². The van der Waals surface area contributed by atoms with Crippen LogP contribution in [0.3, 0.4) is 0 Å². The maximum absolute atomic E-state index is 4.99. The average Bonchev–Trinajstić information content (AvgIpc) is 3.18. The monoisotopic (exact) mass is 662 g/mol. The Morgan fingerprint density at radius 2 is 0.608 bits per heavy atom. The van der Waals surface area contributed by atoms with Crippen molar-refractivity contribution in [3.8, 4) is 79.5 Å². The highest BCUT2D eigenvalue weighted by atomic mass is 15.0. The van der Waals surface area contributed by atoms with Gasteiger partial charge in [0.05, 0.1) is 0 Å². The minimum Gasteiger partial charge on any atom is -0.265 e. The number of benzene rings is 4. The van der Waals surface area contributed by atoms with E-state index in [4.69, 9.17) is 29.9 Å². The molecule has 0 atom stereocenters. The van der Waals surface area contributed by atoms with Crippen LogP contribution >= 0.6 is 0 Å². The van der Waals surface area contributed by atoms with Gasteiger partial charge in [0, 0.05) is 45.8 Å². The smallest absolute Gasteiger partial charge is 0.164 e. The molecule has 0 bridgehead atoms. The standard InChI is InChI=1S/C41H30N10/c1-25-43-26(2)45-36(44-25)31-14-16-32(17-15-31)37-46-27(3)47-40(48-37)34-22-33(28-18-20-42-21-19-28)23-35(24-34)41-50-38(29-10-6-4-7-11-29)49-39(51-41)30-12-8-5-9-13-30/h4-24H,1-3H3. The van der Waals surface area contributed by atoms with Crippen LogP contribution in [0.4, 0.5) is 0 Å². The molecule has 8 aromatic rings. The van der Waals surface area contributed by atoms with Crippen molar-refractivity contribution in [2.45, 2.75) is 20.8 Å². The van der Waals surface area contributed by atoms with E-state index in [0.717, 1.165) is 44.5 Å². The molecule has 0 unspecified atom stereocenters. The van der Waals surface area contributed by atoms with Crippen molar-refractivity contribution < 1.29 is 0 Å².